The lowest BCUT2D eigenvalue weighted by atomic mass is 9.87. The molecule has 1 heterocycles. The number of likely N-dealkylation sites (N-methyl/N-ethyl adjacent to an activating group) is 2. The maximum Gasteiger partial charge on any atom is 0.326 e. The Labute approximate surface area is 323 Å². The standard InChI is InChI=1S/C37H61N5O8.C3H8O/c1-11-24(4)32(41(8)31(44)22-39-36(48)37(6,38-7)23(2)3)29(49-9)21-30(43)42-19-15-18-28(42)33(50-10)25(5)34(45)40-27(35(46)47)20-26-16-13-12-14-17-26;1-2-3-4/h12-14,16-17,23-25,27-29,32-33,38H,11,15,18-22H2,1-10H3,(H,39,48)(H,40,45)(H,46,47);4H,2-3H2,1H3. The molecule has 0 spiro atoms. The summed E-state index contributed by atoms with van der Waals surface area (Å²) in [5.74, 6) is -3.16. The summed E-state index contributed by atoms with van der Waals surface area (Å²) in [6.45, 7) is 13.9. The van der Waals surface area contributed by atoms with Crippen molar-refractivity contribution < 1.29 is 43.7 Å². The predicted molar refractivity (Wildman–Crippen MR) is 209 cm³/mol. The molecule has 0 saturated carbocycles. The number of nitrogens with zero attached hydrogens (tertiary/aromatic N) is 2. The zero-order valence-corrected chi connectivity index (χ0v) is 34.5. The Kier molecular flexibility index (Phi) is 21.6. The summed E-state index contributed by atoms with van der Waals surface area (Å²) >= 11 is 0. The molecule has 8 atom stereocenters. The SMILES string of the molecule is CCC(C)C(C(CC(=O)N1CCCC1C(OC)C(C)C(=O)NC(Cc1ccccc1)C(=O)O)OC)N(C)C(=O)CNC(=O)C(C)(NC)C(C)C.CCCO. The number of carboxylic acid groups (broad SMARTS) is 1. The van der Waals surface area contributed by atoms with Crippen molar-refractivity contribution in [3.8, 4) is 0 Å². The molecule has 54 heavy (non-hydrogen) atoms. The van der Waals surface area contributed by atoms with Gasteiger partial charge in [0.25, 0.3) is 0 Å². The minimum absolute atomic E-state index is 0.00760. The molecule has 1 aromatic carbocycles. The van der Waals surface area contributed by atoms with Crippen molar-refractivity contribution in [2.45, 2.75) is 123 Å². The van der Waals surface area contributed by atoms with E-state index in [-0.39, 0.29) is 48.9 Å². The summed E-state index contributed by atoms with van der Waals surface area (Å²) in [5.41, 5.74) is -0.0618. The van der Waals surface area contributed by atoms with E-state index >= 15 is 0 Å². The molecule has 8 unspecified atom stereocenters. The zero-order valence-electron chi connectivity index (χ0n) is 34.5. The average Bonchev–Trinajstić information content (AvgIpc) is 3.65. The van der Waals surface area contributed by atoms with Gasteiger partial charge in [0.15, 0.2) is 0 Å². The lowest BCUT2D eigenvalue weighted by Gasteiger charge is -2.39. The van der Waals surface area contributed by atoms with Gasteiger partial charge in [-0.1, -0.05) is 78.3 Å². The van der Waals surface area contributed by atoms with Gasteiger partial charge < -0.3 is 45.4 Å². The summed E-state index contributed by atoms with van der Waals surface area (Å²) < 4.78 is 11.7. The van der Waals surface area contributed by atoms with Gasteiger partial charge in [0.2, 0.25) is 23.6 Å². The van der Waals surface area contributed by atoms with Crippen molar-refractivity contribution >= 4 is 29.6 Å². The molecular formula is C40H69N5O9. The van der Waals surface area contributed by atoms with Crippen LogP contribution in [0.2, 0.25) is 0 Å². The van der Waals surface area contributed by atoms with Crippen molar-refractivity contribution in [2.75, 3.05) is 48.0 Å². The molecule has 0 radical (unpaired) electrons. The van der Waals surface area contributed by atoms with Gasteiger partial charge in [0.1, 0.15) is 6.04 Å². The Morgan fingerprint density at radius 1 is 1.04 bits per heavy atom. The van der Waals surface area contributed by atoms with Crippen LogP contribution in [0.5, 0.6) is 0 Å². The Bertz CT molecular complexity index is 1310. The molecule has 0 aliphatic carbocycles. The third-order valence-corrected chi connectivity index (χ3v) is 11.0. The van der Waals surface area contributed by atoms with Gasteiger partial charge in [-0.05, 0) is 50.6 Å². The van der Waals surface area contributed by atoms with Crippen molar-refractivity contribution in [1.82, 2.24) is 25.8 Å². The number of aliphatic hydroxyl groups excluding tert-OH is 1. The molecule has 0 aromatic heterocycles. The number of aliphatic carboxylic acids is 1. The van der Waals surface area contributed by atoms with E-state index in [9.17, 15) is 29.1 Å². The summed E-state index contributed by atoms with van der Waals surface area (Å²) in [7, 11) is 6.40. The van der Waals surface area contributed by atoms with Crippen LogP contribution < -0.4 is 16.0 Å². The number of hydrogen-bond donors (Lipinski definition) is 5. The lowest BCUT2D eigenvalue weighted by molar-refractivity contribution is -0.147. The second-order valence-electron chi connectivity index (χ2n) is 14.7. The molecule has 308 valence electrons. The highest BCUT2D eigenvalue weighted by Gasteiger charge is 2.43. The highest BCUT2D eigenvalue weighted by Crippen LogP contribution is 2.29. The minimum Gasteiger partial charge on any atom is -0.480 e. The molecule has 0 bridgehead atoms. The Balaban J connectivity index is 0.00000346. The summed E-state index contributed by atoms with van der Waals surface area (Å²) in [6.07, 6.45) is 1.72. The van der Waals surface area contributed by atoms with Crippen LogP contribution in [0.25, 0.3) is 0 Å². The first kappa shape index (κ1) is 48.4. The van der Waals surface area contributed by atoms with Gasteiger partial charge in [-0.15, -0.1) is 0 Å². The van der Waals surface area contributed by atoms with E-state index in [4.69, 9.17) is 14.6 Å². The second-order valence-corrected chi connectivity index (χ2v) is 14.7. The summed E-state index contributed by atoms with van der Waals surface area (Å²) in [5, 5.41) is 26.2. The van der Waals surface area contributed by atoms with E-state index < -0.39 is 53.7 Å². The number of carbonyl (C=O) groups excluding carboxylic acids is 4. The first-order valence-corrected chi connectivity index (χ1v) is 19.2. The smallest absolute Gasteiger partial charge is 0.326 e. The second kappa shape index (κ2) is 24.0. The number of ether oxygens (including phenoxy) is 2. The Morgan fingerprint density at radius 2 is 1.65 bits per heavy atom. The van der Waals surface area contributed by atoms with Crippen LogP contribution in [0.4, 0.5) is 0 Å². The molecule has 14 nitrogen and oxygen atoms in total. The van der Waals surface area contributed by atoms with Crippen molar-refractivity contribution in [3.05, 3.63) is 35.9 Å². The van der Waals surface area contributed by atoms with Gasteiger partial charge in [-0.3, -0.25) is 19.2 Å². The number of hydrogen-bond acceptors (Lipinski definition) is 9. The zero-order chi connectivity index (χ0) is 41.2. The lowest BCUT2D eigenvalue weighted by Crippen LogP contribution is -2.59. The van der Waals surface area contributed by atoms with Crippen molar-refractivity contribution in [2.24, 2.45) is 17.8 Å². The predicted octanol–water partition coefficient (Wildman–Crippen LogP) is 2.86. The maximum atomic E-state index is 14.0. The fraction of sp³-hybridized carbons (Fsp3) is 0.725. The molecule has 14 heteroatoms. The van der Waals surface area contributed by atoms with Crippen LogP contribution in [0.3, 0.4) is 0 Å². The topological polar surface area (TPSA) is 187 Å². The van der Waals surface area contributed by atoms with Crippen LogP contribution in [0, 0.1) is 17.8 Å². The van der Waals surface area contributed by atoms with E-state index in [1.807, 2.05) is 65.0 Å². The molecular weight excluding hydrogens is 694 g/mol. The van der Waals surface area contributed by atoms with Gasteiger partial charge in [0, 0.05) is 40.8 Å². The first-order valence-electron chi connectivity index (χ1n) is 19.2. The quantitative estimate of drug-likeness (QED) is 0.125. The molecule has 4 amide bonds. The summed E-state index contributed by atoms with van der Waals surface area (Å²) in [4.78, 5) is 69.1. The first-order chi connectivity index (χ1) is 25.5. The minimum atomic E-state index is -1.14. The van der Waals surface area contributed by atoms with Gasteiger partial charge in [0.05, 0.1) is 48.7 Å². The van der Waals surface area contributed by atoms with E-state index in [1.54, 1.807) is 37.7 Å². The molecule has 1 fully saturated rings. The van der Waals surface area contributed by atoms with Crippen LogP contribution in [-0.2, 0) is 39.9 Å². The number of nitrogens with one attached hydrogen (secondary N) is 3. The molecule has 1 aromatic rings. The number of methoxy groups -OCH3 is 2. The number of benzene rings is 1. The highest BCUT2D eigenvalue weighted by atomic mass is 16.5. The number of carbonyl (C=O) groups is 5. The van der Waals surface area contributed by atoms with E-state index in [0.717, 1.165) is 18.4 Å². The highest BCUT2D eigenvalue weighted by molar-refractivity contribution is 5.90. The number of likely N-dealkylation sites (tertiary alicyclic amines) is 1. The van der Waals surface area contributed by atoms with E-state index in [1.165, 1.54) is 14.2 Å². The Morgan fingerprint density at radius 3 is 2.13 bits per heavy atom. The normalized spacial score (nSPS) is 18.5. The monoisotopic (exact) mass is 764 g/mol. The number of aliphatic hydroxyl groups is 1. The van der Waals surface area contributed by atoms with Crippen LogP contribution in [0.15, 0.2) is 30.3 Å². The largest absolute Gasteiger partial charge is 0.480 e. The molecule has 1 saturated heterocycles. The number of carboxylic acids is 1. The fourth-order valence-electron chi connectivity index (χ4n) is 6.81. The average molecular weight is 764 g/mol. The van der Waals surface area contributed by atoms with Crippen molar-refractivity contribution in [3.63, 3.8) is 0 Å². The Hall–Kier alpha value is -3.59. The van der Waals surface area contributed by atoms with Crippen LogP contribution in [-0.4, -0.2) is 133 Å². The van der Waals surface area contributed by atoms with E-state index in [2.05, 4.69) is 16.0 Å². The number of amides is 4. The molecule has 1 aliphatic heterocycles. The van der Waals surface area contributed by atoms with Crippen molar-refractivity contribution in [1.29, 1.82) is 0 Å². The van der Waals surface area contributed by atoms with Gasteiger partial charge in [-0.25, -0.2) is 4.79 Å². The third-order valence-electron chi connectivity index (χ3n) is 11.0. The van der Waals surface area contributed by atoms with Crippen LogP contribution >= 0.6 is 0 Å². The number of rotatable bonds is 21. The molecule has 2 rings (SSSR count). The van der Waals surface area contributed by atoms with Gasteiger partial charge in [-0.2, -0.15) is 0 Å². The summed E-state index contributed by atoms with van der Waals surface area (Å²) in [6, 6.07) is 7.09. The fourth-order valence-corrected chi connectivity index (χ4v) is 6.81. The maximum absolute atomic E-state index is 14.0. The van der Waals surface area contributed by atoms with E-state index in [0.29, 0.717) is 26.0 Å². The molecule has 5 N–H and O–H groups in total. The molecule has 1 aliphatic rings. The van der Waals surface area contributed by atoms with Crippen LogP contribution in [0.1, 0.15) is 86.1 Å². The third kappa shape index (κ3) is 13.6. The van der Waals surface area contributed by atoms with Gasteiger partial charge >= 0.3 is 5.97 Å².